The van der Waals surface area contributed by atoms with E-state index in [9.17, 15) is 4.79 Å². The van der Waals surface area contributed by atoms with Crippen molar-refractivity contribution in [2.24, 2.45) is 0 Å². The minimum absolute atomic E-state index is 0.297. The molecule has 0 spiro atoms. The molecule has 0 aromatic heterocycles. The molecule has 0 fully saturated rings. The zero-order chi connectivity index (χ0) is 15.1. The molecule has 20 heavy (non-hydrogen) atoms. The van der Waals surface area contributed by atoms with E-state index in [0.717, 1.165) is 12.8 Å². The predicted molar refractivity (Wildman–Crippen MR) is 87.4 cm³/mol. The quantitative estimate of drug-likeness (QED) is 0.228. The molecule has 0 aliphatic carbocycles. The maximum atomic E-state index is 11.1. The Morgan fingerprint density at radius 3 is 1.65 bits per heavy atom. The molecular weight excluding hydrogens is 272 g/mol. The highest BCUT2D eigenvalue weighted by molar-refractivity contribution is 6.29. The number of alkyl halides is 1. The molecule has 0 N–H and O–H groups in total. The summed E-state index contributed by atoms with van der Waals surface area (Å²) in [5.74, 6) is -0.297. The van der Waals surface area contributed by atoms with E-state index < -0.39 is 5.38 Å². The minimum Gasteiger partial charge on any atom is -0.468 e. The Bertz CT molecular complexity index is 219. The summed E-state index contributed by atoms with van der Waals surface area (Å²) >= 11 is 5.89. The number of hydrogen-bond acceptors (Lipinski definition) is 2. The highest BCUT2D eigenvalue weighted by atomic mass is 35.5. The van der Waals surface area contributed by atoms with E-state index >= 15 is 0 Å². The Labute approximate surface area is 130 Å². The Morgan fingerprint density at radius 2 is 1.25 bits per heavy atom. The zero-order valence-corrected chi connectivity index (χ0v) is 14.2. The van der Waals surface area contributed by atoms with Crippen LogP contribution in [0.3, 0.4) is 0 Å². The molecule has 1 atom stereocenters. The molecule has 0 saturated carbocycles. The van der Waals surface area contributed by atoms with Crippen molar-refractivity contribution in [2.75, 3.05) is 7.11 Å². The molecule has 0 rings (SSSR count). The highest BCUT2D eigenvalue weighted by Crippen LogP contribution is 2.14. The fraction of sp³-hybridized carbons (Fsp3) is 0.941. The topological polar surface area (TPSA) is 26.3 Å². The first-order chi connectivity index (χ1) is 9.72. The number of rotatable bonds is 14. The molecule has 0 bridgehead atoms. The Morgan fingerprint density at radius 1 is 0.850 bits per heavy atom. The van der Waals surface area contributed by atoms with Crippen molar-refractivity contribution in [3.8, 4) is 0 Å². The van der Waals surface area contributed by atoms with Crippen LogP contribution in [-0.2, 0) is 9.53 Å². The third-order valence-electron chi connectivity index (χ3n) is 3.77. The van der Waals surface area contributed by atoms with Crippen LogP contribution in [0.4, 0.5) is 0 Å². The number of methoxy groups -OCH3 is 1. The van der Waals surface area contributed by atoms with Crippen LogP contribution in [0.5, 0.6) is 0 Å². The third kappa shape index (κ3) is 12.8. The second-order valence-corrected chi connectivity index (χ2v) is 6.20. The molecular formula is C17H33ClO2. The minimum atomic E-state index is -0.455. The monoisotopic (exact) mass is 304 g/mol. The van der Waals surface area contributed by atoms with Crippen molar-refractivity contribution in [1.82, 2.24) is 0 Å². The standard InChI is InChI=1S/C17H33ClO2/c1-3-4-5-6-7-8-9-10-11-12-13-14-15-16(18)17(19)20-2/h16H,3-15H2,1-2H3. The number of halogens is 1. The van der Waals surface area contributed by atoms with Crippen LogP contribution >= 0.6 is 11.6 Å². The van der Waals surface area contributed by atoms with Crippen LogP contribution in [0.2, 0.25) is 0 Å². The normalized spacial score (nSPS) is 12.3. The van der Waals surface area contributed by atoms with Gasteiger partial charge in [0.15, 0.2) is 0 Å². The second-order valence-electron chi connectivity index (χ2n) is 5.67. The second kappa shape index (κ2) is 15.2. The van der Waals surface area contributed by atoms with Gasteiger partial charge in [-0.05, 0) is 6.42 Å². The maximum Gasteiger partial charge on any atom is 0.323 e. The van der Waals surface area contributed by atoms with Gasteiger partial charge in [0.05, 0.1) is 7.11 Å². The molecule has 0 heterocycles. The summed E-state index contributed by atoms with van der Waals surface area (Å²) in [5.41, 5.74) is 0. The summed E-state index contributed by atoms with van der Waals surface area (Å²) in [6.45, 7) is 2.26. The summed E-state index contributed by atoms with van der Waals surface area (Å²) in [7, 11) is 1.39. The van der Waals surface area contributed by atoms with E-state index in [0.29, 0.717) is 0 Å². The SMILES string of the molecule is CCCCCCCCCCCCCCC(Cl)C(=O)OC. The van der Waals surface area contributed by atoms with Gasteiger partial charge in [-0.2, -0.15) is 0 Å². The number of ether oxygens (including phenoxy) is 1. The molecule has 1 unspecified atom stereocenters. The van der Waals surface area contributed by atoms with Gasteiger partial charge < -0.3 is 4.74 Å². The van der Waals surface area contributed by atoms with E-state index in [-0.39, 0.29) is 5.97 Å². The lowest BCUT2D eigenvalue weighted by Crippen LogP contribution is -2.15. The fourth-order valence-corrected chi connectivity index (χ4v) is 2.65. The lowest BCUT2D eigenvalue weighted by atomic mass is 10.0. The summed E-state index contributed by atoms with van der Waals surface area (Å²) in [6.07, 6.45) is 16.6. The number of carbonyl (C=O) groups is 1. The van der Waals surface area contributed by atoms with Crippen molar-refractivity contribution < 1.29 is 9.53 Å². The Kier molecular flexibility index (Phi) is 15.0. The van der Waals surface area contributed by atoms with E-state index in [1.165, 1.54) is 77.7 Å². The maximum absolute atomic E-state index is 11.1. The van der Waals surface area contributed by atoms with Gasteiger partial charge in [0.1, 0.15) is 5.38 Å². The van der Waals surface area contributed by atoms with Crippen molar-refractivity contribution in [2.45, 2.75) is 95.8 Å². The van der Waals surface area contributed by atoms with Gasteiger partial charge in [-0.15, -0.1) is 11.6 Å². The van der Waals surface area contributed by atoms with Crippen LogP contribution < -0.4 is 0 Å². The molecule has 0 radical (unpaired) electrons. The van der Waals surface area contributed by atoms with Crippen molar-refractivity contribution >= 4 is 17.6 Å². The van der Waals surface area contributed by atoms with E-state index in [2.05, 4.69) is 11.7 Å². The predicted octanol–water partition coefficient (Wildman–Crippen LogP) is 5.86. The van der Waals surface area contributed by atoms with Gasteiger partial charge >= 0.3 is 5.97 Å². The van der Waals surface area contributed by atoms with Crippen molar-refractivity contribution in [3.05, 3.63) is 0 Å². The zero-order valence-electron chi connectivity index (χ0n) is 13.5. The molecule has 0 aromatic rings. The van der Waals surface area contributed by atoms with Gasteiger partial charge in [-0.1, -0.05) is 84.0 Å². The average molecular weight is 305 g/mol. The van der Waals surface area contributed by atoms with Crippen molar-refractivity contribution in [1.29, 1.82) is 0 Å². The smallest absolute Gasteiger partial charge is 0.323 e. The van der Waals surface area contributed by atoms with Gasteiger partial charge in [0.2, 0.25) is 0 Å². The van der Waals surface area contributed by atoms with Gasteiger partial charge in [-0.3, -0.25) is 4.79 Å². The molecule has 0 aliphatic heterocycles. The highest BCUT2D eigenvalue weighted by Gasteiger charge is 2.14. The number of hydrogen-bond donors (Lipinski definition) is 0. The first-order valence-electron chi connectivity index (χ1n) is 8.44. The first-order valence-corrected chi connectivity index (χ1v) is 8.88. The molecule has 3 heteroatoms. The largest absolute Gasteiger partial charge is 0.468 e. The number of carbonyl (C=O) groups excluding carboxylic acids is 1. The van der Waals surface area contributed by atoms with E-state index in [4.69, 9.17) is 11.6 Å². The molecule has 2 nitrogen and oxygen atoms in total. The summed E-state index contributed by atoms with van der Waals surface area (Å²) in [6, 6.07) is 0. The van der Waals surface area contributed by atoms with Crippen LogP contribution in [0.25, 0.3) is 0 Å². The average Bonchev–Trinajstić information content (AvgIpc) is 2.47. The molecule has 120 valence electrons. The third-order valence-corrected chi connectivity index (χ3v) is 4.16. The van der Waals surface area contributed by atoms with Gasteiger partial charge in [-0.25, -0.2) is 0 Å². The van der Waals surface area contributed by atoms with Gasteiger partial charge in [0.25, 0.3) is 0 Å². The molecule has 0 aromatic carbocycles. The summed E-state index contributed by atoms with van der Waals surface area (Å²) < 4.78 is 4.60. The Balaban J connectivity index is 3.11. The lowest BCUT2D eigenvalue weighted by molar-refractivity contribution is -0.140. The van der Waals surface area contributed by atoms with Crippen LogP contribution in [-0.4, -0.2) is 18.5 Å². The van der Waals surface area contributed by atoms with Crippen molar-refractivity contribution in [3.63, 3.8) is 0 Å². The Hall–Kier alpha value is -0.240. The van der Waals surface area contributed by atoms with Crippen LogP contribution in [0, 0.1) is 0 Å². The van der Waals surface area contributed by atoms with E-state index in [1.54, 1.807) is 0 Å². The van der Waals surface area contributed by atoms with Crippen LogP contribution in [0.1, 0.15) is 90.4 Å². The lowest BCUT2D eigenvalue weighted by Gasteiger charge is -2.06. The number of esters is 1. The van der Waals surface area contributed by atoms with Crippen LogP contribution in [0.15, 0.2) is 0 Å². The summed E-state index contributed by atoms with van der Waals surface area (Å²) in [4.78, 5) is 11.1. The number of unbranched alkanes of at least 4 members (excludes halogenated alkanes) is 11. The summed E-state index contributed by atoms with van der Waals surface area (Å²) in [5, 5.41) is -0.455. The first kappa shape index (κ1) is 19.8. The molecule has 0 amide bonds. The molecule has 0 aliphatic rings. The van der Waals surface area contributed by atoms with Gasteiger partial charge in [0, 0.05) is 0 Å². The fourth-order valence-electron chi connectivity index (χ4n) is 2.41. The van der Waals surface area contributed by atoms with E-state index in [1.807, 2.05) is 0 Å². The molecule has 0 saturated heterocycles.